The van der Waals surface area contributed by atoms with Crippen LogP contribution in [0.4, 0.5) is 5.88 Å². The van der Waals surface area contributed by atoms with Crippen LogP contribution in [0.15, 0.2) is 45.8 Å². The lowest BCUT2D eigenvalue weighted by molar-refractivity contribution is -0.113. The van der Waals surface area contributed by atoms with Gasteiger partial charge in [0.1, 0.15) is 27.7 Å². The van der Waals surface area contributed by atoms with Gasteiger partial charge in [0.05, 0.1) is 24.7 Å². The predicted molar refractivity (Wildman–Crippen MR) is 127 cm³/mol. The fraction of sp³-hybridized carbons (Fsp3) is 0.292. The average Bonchev–Trinajstić information content (AvgIpc) is 3.14. The maximum atomic E-state index is 12.7. The summed E-state index contributed by atoms with van der Waals surface area (Å²) in [6, 6.07) is 11.5. The van der Waals surface area contributed by atoms with Crippen LogP contribution in [-0.4, -0.2) is 46.8 Å². The molecule has 0 aliphatic rings. The number of thioether (sulfide) groups is 1. The molecule has 1 aromatic carbocycles. The Balaban J connectivity index is 1.78. The second kappa shape index (κ2) is 11.5. The third kappa shape index (κ3) is 6.02. The van der Waals surface area contributed by atoms with Crippen LogP contribution >= 0.6 is 11.8 Å². The molecule has 178 valence electrons. The van der Waals surface area contributed by atoms with Crippen LogP contribution < -0.4 is 5.32 Å². The second-order valence-electron chi connectivity index (χ2n) is 7.02. The molecule has 9 nitrogen and oxygen atoms in total. The Hall–Kier alpha value is -3.66. The number of carbonyl (C=O) groups is 3. The molecule has 10 heteroatoms. The van der Waals surface area contributed by atoms with Gasteiger partial charge in [0.2, 0.25) is 11.8 Å². The van der Waals surface area contributed by atoms with Crippen molar-refractivity contribution in [3.05, 3.63) is 59.1 Å². The molecule has 0 saturated carbocycles. The first kappa shape index (κ1) is 25.0. The number of hydrogen-bond donors (Lipinski definition) is 1. The molecule has 2 aromatic heterocycles. The molecule has 0 atom stereocenters. The number of amides is 1. The summed E-state index contributed by atoms with van der Waals surface area (Å²) >= 11 is 1.21. The molecule has 0 aliphatic heterocycles. The van der Waals surface area contributed by atoms with Crippen molar-refractivity contribution < 1.29 is 28.3 Å². The lowest BCUT2D eigenvalue weighted by Crippen LogP contribution is -2.18. The number of aryl methyl sites for hydroxylation is 2. The highest BCUT2D eigenvalue weighted by molar-refractivity contribution is 7.99. The van der Waals surface area contributed by atoms with Gasteiger partial charge in [0.15, 0.2) is 0 Å². The Labute approximate surface area is 201 Å². The van der Waals surface area contributed by atoms with Crippen molar-refractivity contribution in [1.82, 2.24) is 9.97 Å². The highest BCUT2D eigenvalue weighted by Crippen LogP contribution is 2.29. The number of rotatable bonds is 9. The fourth-order valence-electron chi connectivity index (χ4n) is 3.15. The zero-order chi connectivity index (χ0) is 24.7. The maximum absolute atomic E-state index is 12.7. The molecule has 0 aliphatic carbocycles. The summed E-state index contributed by atoms with van der Waals surface area (Å²) in [4.78, 5) is 46.4. The first-order valence-corrected chi connectivity index (χ1v) is 11.6. The van der Waals surface area contributed by atoms with Crippen LogP contribution in [0.5, 0.6) is 0 Å². The standard InChI is InChI=1S/C24H25N3O6S/c1-5-31-23(29)20-14(3)33-22(21(20)24(30)32-6-2)27-18(28)13-34-19-12-17(25-15(4)26-19)16-10-8-7-9-11-16/h7-12H,5-6,13H2,1-4H3,(H,27,28). The minimum atomic E-state index is -0.788. The first-order chi connectivity index (χ1) is 16.3. The SMILES string of the molecule is CCOC(=O)c1c(C)oc(NC(=O)CSc2cc(-c3ccccc3)nc(C)n2)c1C(=O)OCC. The average molecular weight is 484 g/mol. The molecule has 3 rings (SSSR count). The lowest BCUT2D eigenvalue weighted by Gasteiger charge is -2.08. The molecular formula is C24H25N3O6S. The number of nitrogens with zero attached hydrogens (tertiary/aromatic N) is 2. The van der Waals surface area contributed by atoms with Gasteiger partial charge >= 0.3 is 11.9 Å². The summed E-state index contributed by atoms with van der Waals surface area (Å²) < 4.78 is 15.6. The van der Waals surface area contributed by atoms with E-state index < -0.39 is 17.8 Å². The van der Waals surface area contributed by atoms with Crippen LogP contribution in [0.1, 0.15) is 46.1 Å². The number of hydrogen-bond acceptors (Lipinski definition) is 9. The highest BCUT2D eigenvalue weighted by Gasteiger charge is 2.31. The van der Waals surface area contributed by atoms with Crippen LogP contribution in [0, 0.1) is 13.8 Å². The number of furan rings is 1. The molecule has 0 unspecified atom stereocenters. The molecule has 2 heterocycles. The number of esters is 2. The molecular weight excluding hydrogens is 458 g/mol. The third-order valence-electron chi connectivity index (χ3n) is 4.53. The van der Waals surface area contributed by atoms with Crippen molar-refractivity contribution in [3.8, 4) is 11.3 Å². The van der Waals surface area contributed by atoms with E-state index in [-0.39, 0.29) is 41.7 Å². The van der Waals surface area contributed by atoms with Gasteiger partial charge in [0, 0.05) is 5.56 Å². The summed E-state index contributed by atoms with van der Waals surface area (Å²) in [5, 5.41) is 3.18. The predicted octanol–water partition coefficient (Wildman–Crippen LogP) is 4.44. The molecule has 0 saturated heterocycles. The van der Waals surface area contributed by atoms with Gasteiger partial charge in [-0.1, -0.05) is 42.1 Å². The van der Waals surface area contributed by atoms with E-state index in [9.17, 15) is 14.4 Å². The molecule has 0 fully saturated rings. The van der Waals surface area contributed by atoms with Gasteiger partial charge < -0.3 is 13.9 Å². The summed E-state index contributed by atoms with van der Waals surface area (Å²) in [6.45, 7) is 6.78. The van der Waals surface area contributed by atoms with E-state index in [0.717, 1.165) is 11.3 Å². The van der Waals surface area contributed by atoms with Crippen LogP contribution in [0.2, 0.25) is 0 Å². The minimum absolute atomic E-state index is 0.0125. The van der Waals surface area contributed by atoms with Gasteiger partial charge in [-0.15, -0.1) is 0 Å². The number of carbonyl (C=O) groups excluding carboxylic acids is 3. The lowest BCUT2D eigenvalue weighted by atomic mass is 10.1. The van der Waals surface area contributed by atoms with Crippen molar-refractivity contribution in [2.75, 3.05) is 24.3 Å². The van der Waals surface area contributed by atoms with Gasteiger partial charge in [-0.05, 0) is 33.8 Å². The van der Waals surface area contributed by atoms with Gasteiger partial charge in [0.25, 0.3) is 0 Å². The van der Waals surface area contributed by atoms with Gasteiger partial charge in [-0.2, -0.15) is 0 Å². The molecule has 0 radical (unpaired) electrons. The molecule has 34 heavy (non-hydrogen) atoms. The molecule has 1 N–H and O–H groups in total. The van der Waals surface area contributed by atoms with E-state index in [0.29, 0.717) is 10.9 Å². The van der Waals surface area contributed by atoms with Gasteiger partial charge in [-0.25, -0.2) is 19.6 Å². The summed E-state index contributed by atoms with van der Waals surface area (Å²) in [7, 11) is 0. The van der Waals surface area contributed by atoms with Crippen molar-refractivity contribution >= 4 is 35.5 Å². The molecule has 0 bridgehead atoms. The zero-order valence-corrected chi connectivity index (χ0v) is 20.2. The Morgan fingerprint density at radius 1 is 0.971 bits per heavy atom. The van der Waals surface area contributed by atoms with E-state index in [4.69, 9.17) is 13.9 Å². The number of anilines is 1. The molecule has 1 amide bonds. The van der Waals surface area contributed by atoms with Crippen LogP contribution in [0.3, 0.4) is 0 Å². The number of ether oxygens (including phenoxy) is 2. The Morgan fingerprint density at radius 2 is 1.62 bits per heavy atom. The Morgan fingerprint density at radius 3 is 2.26 bits per heavy atom. The molecule has 0 spiro atoms. The second-order valence-corrected chi connectivity index (χ2v) is 8.02. The maximum Gasteiger partial charge on any atom is 0.344 e. The van der Waals surface area contributed by atoms with E-state index in [1.54, 1.807) is 26.8 Å². The summed E-state index contributed by atoms with van der Waals surface area (Å²) in [5.74, 6) is -1.42. The highest BCUT2D eigenvalue weighted by atomic mass is 32.2. The topological polar surface area (TPSA) is 121 Å². The Bertz CT molecular complexity index is 1190. The third-order valence-corrected chi connectivity index (χ3v) is 5.44. The fourth-order valence-corrected chi connectivity index (χ4v) is 3.90. The van der Waals surface area contributed by atoms with E-state index in [1.807, 2.05) is 30.3 Å². The van der Waals surface area contributed by atoms with Crippen LogP contribution in [-0.2, 0) is 14.3 Å². The molecule has 3 aromatic rings. The largest absolute Gasteiger partial charge is 0.462 e. The van der Waals surface area contributed by atoms with Crippen molar-refractivity contribution in [2.45, 2.75) is 32.7 Å². The summed E-state index contributed by atoms with van der Waals surface area (Å²) in [6.07, 6.45) is 0. The number of aromatic nitrogens is 2. The smallest absolute Gasteiger partial charge is 0.344 e. The zero-order valence-electron chi connectivity index (χ0n) is 19.3. The summed E-state index contributed by atoms with van der Waals surface area (Å²) in [5.41, 5.74) is 1.46. The Kier molecular flexibility index (Phi) is 8.42. The van der Waals surface area contributed by atoms with E-state index in [2.05, 4.69) is 15.3 Å². The van der Waals surface area contributed by atoms with Crippen molar-refractivity contribution in [2.24, 2.45) is 0 Å². The number of benzene rings is 1. The van der Waals surface area contributed by atoms with Gasteiger partial charge in [-0.3, -0.25) is 10.1 Å². The number of nitrogens with one attached hydrogen (secondary N) is 1. The first-order valence-electron chi connectivity index (χ1n) is 10.6. The van der Waals surface area contributed by atoms with E-state index >= 15 is 0 Å². The quantitative estimate of drug-likeness (QED) is 0.267. The normalized spacial score (nSPS) is 10.6. The van der Waals surface area contributed by atoms with E-state index in [1.165, 1.54) is 18.7 Å². The minimum Gasteiger partial charge on any atom is -0.462 e. The monoisotopic (exact) mass is 483 g/mol. The van der Waals surface area contributed by atoms with Crippen LogP contribution in [0.25, 0.3) is 11.3 Å². The van der Waals surface area contributed by atoms with Crippen molar-refractivity contribution in [1.29, 1.82) is 0 Å². The van der Waals surface area contributed by atoms with Crippen molar-refractivity contribution in [3.63, 3.8) is 0 Å².